The van der Waals surface area contributed by atoms with Crippen molar-refractivity contribution in [3.05, 3.63) is 47.2 Å². The number of benzene rings is 1. The zero-order valence-corrected chi connectivity index (χ0v) is 12.9. The number of imidazole rings is 1. The minimum Gasteiger partial charge on any atom is -0.497 e. The summed E-state index contributed by atoms with van der Waals surface area (Å²) in [6, 6.07) is 5.37. The SMILES string of the molecule is COc1cc(OCc2cn3ccsc3n2)cc(C(N)=S)c1. The minimum atomic E-state index is 0.307. The van der Waals surface area contributed by atoms with Gasteiger partial charge in [-0.15, -0.1) is 11.3 Å². The molecule has 0 radical (unpaired) electrons. The molecule has 0 saturated heterocycles. The number of thiocarbonyl (C=S) groups is 1. The van der Waals surface area contributed by atoms with E-state index in [9.17, 15) is 0 Å². The van der Waals surface area contributed by atoms with E-state index in [1.165, 1.54) is 0 Å². The fraction of sp³-hybridized carbons (Fsp3) is 0.143. The van der Waals surface area contributed by atoms with E-state index in [1.807, 2.05) is 22.2 Å². The lowest BCUT2D eigenvalue weighted by Crippen LogP contribution is -2.09. The normalized spacial score (nSPS) is 10.7. The first-order valence-corrected chi connectivity index (χ1v) is 7.47. The number of thiazole rings is 1. The average molecular weight is 319 g/mol. The number of methoxy groups -OCH3 is 1. The first kappa shape index (κ1) is 13.8. The van der Waals surface area contributed by atoms with Crippen molar-refractivity contribution in [2.45, 2.75) is 6.61 Å². The Kier molecular flexibility index (Phi) is 3.76. The van der Waals surface area contributed by atoms with Gasteiger partial charge < -0.3 is 15.2 Å². The van der Waals surface area contributed by atoms with Crippen molar-refractivity contribution in [3.8, 4) is 11.5 Å². The second kappa shape index (κ2) is 5.71. The molecule has 0 amide bonds. The number of hydrogen-bond acceptors (Lipinski definition) is 5. The summed E-state index contributed by atoms with van der Waals surface area (Å²) < 4.78 is 12.9. The van der Waals surface area contributed by atoms with Gasteiger partial charge in [-0.3, -0.25) is 4.40 Å². The second-order valence-electron chi connectivity index (χ2n) is 4.38. The lowest BCUT2D eigenvalue weighted by Gasteiger charge is -2.09. The summed E-state index contributed by atoms with van der Waals surface area (Å²) >= 11 is 6.58. The van der Waals surface area contributed by atoms with Crippen LogP contribution < -0.4 is 15.2 Å². The Morgan fingerprint density at radius 3 is 2.90 bits per heavy atom. The van der Waals surface area contributed by atoms with Crippen LogP contribution in [0.1, 0.15) is 11.3 Å². The highest BCUT2D eigenvalue weighted by Crippen LogP contribution is 2.23. The molecule has 0 spiro atoms. The Morgan fingerprint density at radius 2 is 2.19 bits per heavy atom. The summed E-state index contributed by atoms with van der Waals surface area (Å²) in [5.74, 6) is 1.30. The molecule has 3 aromatic rings. The molecule has 3 rings (SSSR count). The topological polar surface area (TPSA) is 61.8 Å². The highest BCUT2D eigenvalue weighted by Gasteiger charge is 2.07. The van der Waals surface area contributed by atoms with Crippen molar-refractivity contribution in [2.24, 2.45) is 5.73 Å². The van der Waals surface area contributed by atoms with Gasteiger partial charge >= 0.3 is 0 Å². The van der Waals surface area contributed by atoms with Crippen LogP contribution in [0.4, 0.5) is 0 Å². The summed E-state index contributed by atoms with van der Waals surface area (Å²) in [6.45, 7) is 0.373. The molecule has 0 aliphatic rings. The van der Waals surface area contributed by atoms with Crippen LogP contribution in [-0.4, -0.2) is 21.5 Å². The Labute approximate surface area is 130 Å². The van der Waals surface area contributed by atoms with Gasteiger partial charge in [-0.1, -0.05) is 12.2 Å². The van der Waals surface area contributed by atoms with Crippen LogP contribution >= 0.6 is 23.6 Å². The Hall–Kier alpha value is -2.12. The van der Waals surface area contributed by atoms with Gasteiger partial charge in [0, 0.05) is 29.4 Å². The predicted molar refractivity (Wildman–Crippen MR) is 86.3 cm³/mol. The molecule has 0 aliphatic carbocycles. The lowest BCUT2D eigenvalue weighted by molar-refractivity contribution is 0.299. The van der Waals surface area contributed by atoms with Crippen LogP contribution in [-0.2, 0) is 6.61 Å². The van der Waals surface area contributed by atoms with Crippen LogP contribution in [0, 0.1) is 0 Å². The van der Waals surface area contributed by atoms with Crippen molar-refractivity contribution >= 4 is 33.5 Å². The molecule has 5 nitrogen and oxygen atoms in total. The van der Waals surface area contributed by atoms with E-state index in [2.05, 4.69) is 4.98 Å². The zero-order valence-electron chi connectivity index (χ0n) is 11.3. The van der Waals surface area contributed by atoms with Crippen molar-refractivity contribution < 1.29 is 9.47 Å². The fourth-order valence-corrected chi connectivity index (χ4v) is 2.75. The molecule has 0 atom stereocenters. The van der Waals surface area contributed by atoms with Gasteiger partial charge in [-0.25, -0.2) is 4.98 Å². The molecule has 2 heterocycles. The first-order valence-electron chi connectivity index (χ1n) is 6.18. The molecule has 0 fully saturated rings. The van der Waals surface area contributed by atoms with Gasteiger partial charge in [-0.2, -0.15) is 0 Å². The van der Waals surface area contributed by atoms with Crippen molar-refractivity contribution in [3.63, 3.8) is 0 Å². The zero-order chi connectivity index (χ0) is 14.8. The van der Waals surface area contributed by atoms with Crippen LogP contribution in [0.5, 0.6) is 11.5 Å². The Balaban J connectivity index is 1.79. The number of aromatic nitrogens is 2. The van der Waals surface area contributed by atoms with Gasteiger partial charge in [0.15, 0.2) is 4.96 Å². The predicted octanol–water partition coefficient (Wildman–Crippen LogP) is 2.62. The van der Waals surface area contributed by atoms with Crippen LogP contribution in [0.2, 0.25) is 0 Å². The third-order valence-corrected chi connectivity index (χ3v) is 3.94. The molecular weight excluding hydrogens is 306 g/mol. The van der Waals surface area contributed by atoms with E-state index >= 15 is 0 Å². The number of fused-ring (bicyclic) bond motifs is 1. The summed E-state index contributed by atoms with van der Waals surface area (Å²) in [6.07, 6.45) is 3.91. The number of nitrogens with zero attached hydrogens (tertiary/aromatic N) is 2. The average Bonchev–Trinajstić information content (AvgIpc) is 3.05. The van der Waals surface area contributed by atoms with Crippen LogP contribution in [0.15, 0.2) is 36.0 Å². The largest absolute Gasteiger partial charge is 0.497 e. The number of rotatable bonds is 5. The van der Waals surface area contributed by atoms with E-state index in [4.69, 9.17) is 27.4 Å². The highest BCUT2D eigenvalue weighted by atomic mass is 32.1. The maximum absolute atomic E-state index is 5.76. The molecule has 0 bridgehead atoms. The summed E-state index contributed by atoms with van der Waals surface area (Å²) in [5, 5.41) is 1.99. The molecule has 7 heteroatoms. The monoisotopic (exact) mass is 319 g/mol. The molecule has 0 aliphatic heterocycles. The molecule has 2 N–H and O–H groups in total. The van der Waals surface area contributed by atoms with Crippen molar-refractivity contribution in [2.75, 3.05) is 7.11 Å². The van der Waals surface area contributed by atoms with Gasteiger partial charge in [-0.05, 0) is 12.1 Å². The van der Waals surface area contributed by atoms with Gasteiger partial charge in [0.05, 0.1) is 12.8 Å². The van der Waals surface area contributed by atoms with Crippen LogP contribution in [0.25, 0.3) is 4.96 Å². The van der Waals surface area contributed by atoms with Gasteiger partial charge in [0.1, 0.15) is 23.1 Å². The fourth-order valence-electron chi connectivity index (χ4n) is 1.92. The van der Waals surface area contributed by atoms with Gasteiger partial charge in [0.2, 0.25) is 0 Å². The molecule has 108 valence electrons. The summed E-state index contributed by atoms with van der Waals surface area (Å²) in [7, 11) is 1.59. The maximum atomic E-state index is 5.76. The van der Waals surface area contributed by atoms with E-state index in [1.54, 1.807) is 36.6 Å². The van der Waals surface area contributed by atoms with E-state index in [0.29, 0.717) is 28.7 Å². The maximum Gasteiger partial charge on any atom is 0.193 e. The quantitative estimate of drug-likeness (QED) is 0.733. The molecule has 0 saturated carbocycles. The standard InChI is InChI=1S/C14H13N3O2S2/c1-18-11-4-9(13(15)20)5-12(6-11)19-8-10-7-17-2-3-21-14(17)16-10/h2-7H,8H2,1H3,(H2,15,20). The minimum absolute atomic E-state index is 0.307. The molecular formula is C14H13N3O2S2. The van der Waals surface area contributed by atoms with E-state index in [-0.39, 0.29) is 0 Å². The molecule has 1 aromatic carbocycles. The van der Waals surface area contributed by atoms with Gasteiger partial charge in [0.25, 0.3) is 0 Å². The van der Waals surface area contributed by atoms with E-state index in [0.717, 1.165) is 10.7 Å². The number of ether oxygens (including phenoxy) is 2. The third kappa shape index (κ3) is 2.98. The smallest absolute Gasteiger partial charge is 0.193 e. The number of nitrogens with two attached hydrogens (primary N) is 1. The highest BCUT2D eigenvalue weighted by molar-refractivity contribution is 7.80. The summed E-state index contributed by atoms with van der Waals surface area (Å²) in [4.78, 5) is 5.72. The Bertz CT molecular complexity index is 766. The molecule has 2 aromatic heterocycles. The van der Waals surface area contributed by atoms with E-state index < -0.39 is 0 Å². The third-order valence-electron chi connectivity index (χ3n) is 2.93. The van der Waals surface area contributed by atoms with Crippen molar-refractivity contribution in [1.82, 2.24) is 9.38 Å². The molecule has 0 unspecified atom stereocenters. The van der Waals surface area contributed by atoms with Crippen LogP contribution in [0.3, 0.4) is 0 Å². The first-order chi connectivity index (χ1) is 10.2. The second-order valence-corrected chi connectivity index (χ2v) is 5.69. The van der Waals surface area contributed by atoms with Crippen molar-refractivity contribution in [1.29, 1.82) is 0 Å². The Morgan fingerprint density at radius 1 is 1.38 bits per heavy atom. The summed E-state index contributed by atoms with van der Waals surface area (Å²) in [5.41, 5.74) is 7.23. The molecule has 21 heavy (non-hydrogen) atoms. The number of hydrogen-bond donors (Lipinski definition) is 1. The lowest BCUT2D eigenvalue weighted by atomic mass is 10.2.